The quantitative estimate of drug-likeness (QED) is 0.593. The molecule has 0 saturated carbocycles. The van der Waals surface area contributed by atoms with Crippen LogP contribution in [0.15, 0.2) is 0 Å². The summed E-state index contributed by atoms with van der Waals surface area (Å²) in [4.78, 5) is 15.2. The van der Waals surface area contributed by atoms with Crippen molar-refractivity contribution in [1.82, 2.24) is 9.80 Å². The molecule has 2 amide bonds. The molecule has 5 heteroatoms. The van der Waals surface area contributed by atoms with Gasteiger partial charge in [-0.05, 0) is 12.8 Å². The molecule has 16 heavy (non-hydrogen) atoms. The number of ether oxygens (including phenoxy) is 2. The zero-order valence-electron chi connectivity index (χ0n) is 10.3. The summed E-state index contributed by atoms with van der Waals surface area (Å²) in [6, 6.07) is 0.0206. The number of carbonyl (C=O) groups is 1. The largest absolute Gasteiger partial charge is 0.361 e. The van der Waals surface area contributed by atoms with Crippen LogP contribution in [0.1, 0.15) is 26.7 Å². The molecule has 1 saturated heterocycles. The Morgan fingerprint density at radius 2 is 1.44 bits per heavy atom. The second kappa shape index (κ2) is 7.46. The van der Waals surface area contributed by atoms with Crippen molar-refractivity contribution in [1.29, 1.82) is 0 Å². The molecule has 1 aliphatic rings. The van der Waals surface area contributed by atoms with Crippen molar-refractivity contribution in [2.24, 2.45) is 0 Å². The Bertz CT molecular complexity index is 191. The Hall–Kier alpha value is -0.810. The van der Waals surface area contributed by atoms with Gasteiger partial charge in [0.25, 0.3) is 0 Å². The SMILES string of the molecule is CCCOCN1CCN(COCCC)C1=O. The summed E-state index contributed by atoms with van der Waals surface area (Å²) in [6.07, 6.45) is 1.96. The van der Waals surface area contributed by atoms with Gasteiger partial charge < -0.3 is 9.47 Å². The molecule has 1 aliphatic heterocycles. The first-order valence-corrected chi connectivity index (χ1v) is 5.99. The maximum Gasteiger partial charge on any atom is 0.323 e. The van der Waals surface area contributed by atoms with Gasteiger partial charge in [0, 0.05) is 26.3 Å². The lowest BCUT2D eigenvalue weighted by Crippen LogP contribution is -2.34. The fourth-order valence-electron chi connectivity index (χ4n) is 1.51. The average Bonchev–Trinajstić information content (AvgIpc) is 2.62. The Morgan fingerprint density at radius 1 is 1.00 bits per heavy atom. The van der Waals surface area contributed by atoms with E-state index in [1.54, 1.807) is 9.80 Å². The molecule has 1 fully saturated rings. The van der Waals surface area contributed by atoms with Gasteiger partial charge in [0.2, 0.25) is 0 Å². The fraction of sp³-hybridized carbons (Fsp3) is 0.909. The van der Waals surface area contributed by atoms with Gasteiger partial charge in [0.1, 0.15) is 13.5 Å². The monoisotopic (exact) mass is 230 g/mol. The van der Waals surface area contributed by atoms with Crippen LogP contribution in [0.4, 0.5) is 4.79 Å². The molecule has 0 aromatic rings. The van der Waals surface area contributed by atoms with E-state index in [-0.39, 0.29) is 6.03 Å². The van der Waals surface area contributed by atoms with Crippen molar-refractivity contribution >= 4 is 6.03 Å². The predicted octanol–water partition coefficient (Wildman–Crippen LogP) is 1.49. The molecule has 1 rings (SSSR count). The van der Waals surface area contributed by atoms with Gasteiger partial charge in [-0.1, -0.05) is 13.8 Å². The highest BCUT2D eigenvalue weighted by Gasteiger charge is 2.27. The summed E-state index contributed by atoms with van der Waals surface area (Å²) in [6.45, 7) is 7.78. The molecule has 0 spiro atoms. The van der Waals surface area contributed by atoms with Crippen LogP contribution in [0.5, 0.6) is 0 Å². The Kier molecular flexibility index (Phi) is 6.18. The van der Waals surface area contributed by atoms with E-state index in [9.17, 15) is 4.79 Å². The minimum atomic E-state index is 0.0206. The summed E-state index contributed by atoms with van der Waals surface area (Å²) in [5.74, 6) is 0. The third kappa shape index (κ3) is 3.98. The van der Waals surface area contributed by atoms with E-state index < -0.39 is 0 Å². The molecule has 5 nitrogen and oxygen atoms in total. The molecule has 0 aliphatic carbocycles. The van der Waals surface area contributed by atoms with Crippen LogP contribution in [-0.4, -0.2) is 55.6 Å². The first-order chi connectivity index (χ1) is 7.79. The normalized spacial score (nSPS) is 16.2. The Morgan fingerprint density at radius 3 is 1.81 bits per heavy atom. The molecule has 0 unspecified atom stereocenters. The Balaban J connectivity index is 2.19. The Labute approximate surface area is 97.3 Å². The zero-order chi connectivity index (χ0) is 11.8. The standard InChI is InChI=1S/C11H22N2O3/c1-3-7-15-9-12-5-6-13(11(12)14)10-16-8-4-2/h3-10H2,1-2H3. The van der Waals surface area contributed by atoms with Crippen LogP contribution in [-0.2, 0) is 9.47 Å². The van der Waals surface area contributed by atoms with Crippen molar-refractivity contribution in [2.45, 2.75) is 26.7 Å². The maximum absolute atomic E-state index is 11.8. The highest BCUT2D eigenvalue weighted by atomic mass is 16.5. The first-order valence-electron chi connectivity index (χ1n) is 5.99. The number of hydrogen-bond acceptors (Lipinski definition) is 3. The van der Waals surface area contributed by atoms with E-state index in [0.29, 0.717) is 26.7 Å². The third-order valence-electron chi connectivity index (χ3n) is 2.37. The van der Waals surface area contributed by atoms with Gasteiger partial charge in [0.15, 0.2) is 0 Å². The minimum Gasteiger partial charge on any atom is -0.361 e. The number of nitrogens with zero attached hydrogens (tertiary/aromatic N) is 2. The smallest absolute Gasteiger partial charge is 0.323 e. The number of amides is 2. The summed E-state index contributed by atoms with van der Waals surface area (Å²) < 4.78 is 10.7. The highest BCUT2D eigenvalue weighted by molar-refractivity contribution is 5.76. The molecule has 0 aromatic carbocycles. The van der Waals surface area contributed by atoms with Crippen LogP contribution < -0.4 is 0 Å². The van der Waals surface area contributed by atoms with E-state index in [0.717, 1.165) is 25.9 Å². The van der Waals surface area contributed by atoms with Crippen LogP contribution in [0, 0.1) is 0 Å². The van der Waals surface area contributed by atoms with Crippen molar-refractivity contribution < 1.29 is 14.3 Å². The number of rotatable bonds is 8. The lowest BCUT2D eigenvalue weighted by Gasteiger charge is -2.18. The summed E-state index contributed by atoms with van der Waals surface area (Å²) in [7, 11) is 0. The van der Waals surface area contributed by atoms with E-state index >= 15 is 0 Å². The molecular weight excluding hydrogens is 208 g/mol. The topological polar surface area (TPSA) is 42.0 Å². The molecule has 1 heterocycles. The van der Waals surface area contributed by atoms with Gasteiger partial charge in [0.05, 0.1) is 0 Å². The number of hydrogen-bond donors (Lipinski definition) is 0. The molecular formula is C11H22N2O3. The minimum absolute atomic E-state index is 0.0206. The van der Waals surface area contributed by atoms with Crippen LogP contribution >= 0.6 is 0 Å². The molecule has 94 valence electrons. The van der Waals surface area contributed by atoms with E-state index in [4.69, 9.17) is 9.47 Å². The summed E-state index contributed by atoms with van der Waals surface area (Å²) in [5.41, 5.74) is 0. The van der Waals surface area contributed by atoms with Gasteiger partial charge in [-0.2, -0.15) is 0 Å². The number of urea groups is 1. The summed E-state index contributed by atoms with van der Waals surface area (Å²) in [5, 5.41) is 0. The van der Waals surface area contributed by atoms with Gasteiger partial charge in [-0.25, -0.2) is 4.79 Å². The van der Waals surface area contributed by atoms with E-state index in [1.165, 1.54) is 0 Å². The van der Waals surface area contributed by atoms with Gasteiger partial charge >= 0.3 is 6.03 Å². The first kappa shape index (κ1) is 13.3. The molecule has 0 radical (unpaired) electrons. The molecule has 0 atom stereocenters. The van der Waals surface area contributed by atoms with Crippen LogP contribution in [0.3, 0.4) is 0 Å². The second-order valence-electron chi connectivity index (χ2n) is 3.88. The van der Waals surface area contributed by atoms with Crippen LogP contribution in [0.2, 0.25) is 0 Å². The zero-order valence-corrected chi connectivity index (χ0v) is 10.3. The van der Waals surface area contributed by atoms with Crippen molar-refractivity contribution in [2.75, 3.05) is 39.8 Å². The molecule has 0 aromatic heterocycles. The lowest BCUT2D eigenvalue weighted by molar-refractivity contribution is 0.0407. The third-order valence-corrected chi connectivity index (χ3v) is 2.37. The maximum atomic E-state index is 11.8. The second-order valence-corrected chi connectivity index (χ2v) is 3.88. The molecule has 0 N–H and O–H groups in total. The average molecular weight is 230 g/mol. The highest BCUT2D eigenvalue weighted by Crippen LogP contribution is 2.08. The van der Waals surface area contributed by atoms with Gasteiger partial charge in [-0.15, -0.1) is 0 Å². The molecule has 0 bridgehead atoms. The van der Waals surface area contributed by atoms with E-state index in [2.05, 4.69) is 13.8 Å². The van der Waals surface area contributed by atoms with Gasteiger partial charge in [-0.3, -0.25) is 9.80 Å². The predicted molar refractivity (Wildman–Crippen MR) is 61.0 cm³/mol. The fourth-order valence-corrected chi connectivity index (χ4v) is 1.51. The van der Waals surface area contributed by atoms with Crippen molar-refractivity contribution in [3.05, 3.63) is 0 Å². The van der Waals surface area contributed by atoms with Crippen molar-refractivity contribution in [3.8, 4) is 0 Å². The van der Waals surface area contributed by atoms with Crippen LogP contribution in [0.25, 0.3) is 0 Å². The van der Waals surface area contributed by atoms with Crippen molar-refractivity contribution in [3.63, 3.8) is 0 Å². The summed E-state index contributed by atoms with van der Waals surface area (Å²) >= 11 is 0. The lowest BCUT2D eigenvalue weighted by atomic mass is 10.5. The van der Waals surface area contributed by atoms with E-state index in [1.807, 2.05) is 0 Å². The number of carbonyl (C=O) groups excluding carboxylic acids is 1.